The minimum absolute atomic E-state index is 0.0976. The third-order valence-corrected chi connectivity index (χ3v) is 5.55. The SMILES string of the molecule is CC(C)C(=O)Nc1ccc(Cl)c(N=C2NC(=O)/C(=C/c3ccc4nccn4c3)S2)c1. The van der Waals surface area contributed by atoms with Gasteiger partial charge in [-0.3, -0.25) is 9.59 Å². The van der Waals surface area contributed by atoms with Gasteiger partial charge in [-0.2, -0.15) is 0 Å². The highest BCUT2D eigenvalue weighted by Gasteiger charge is 2.24. The van der Waals surface area contributed by atoms with Crippen LogP contribution in [0, 0.1) is 5.92 Å². The summed E-state index contributed by atoms with van der Waals surface area (Å²) in [5, 5.41) is 6.41. The smallest absolute Gasteiger partial charge is 0.264 e. The minimum Gasteiger partial charge on any atom is -0.326 e. The summed E-state index contributed by atoms with van der Waals surface area (Å²) in [5.41, 5.74) is 2.76. The van der Waals surface area contributed by atoms with E-state index < -0.39 is 0 Å². The van der Waals surface area contributed by atoms with Crippen LogP contribution >= 0.6 is 23.4 Å². The van der Waals surface area contributed by atoms with Crippen molar-refractivity contribution in [3.8, 4) is 0 Å². The first-order chi connectivity index (χ1) is 14.4. The number of fused-ring (bicyclic) bond motifs is 1. The number of nitrogens with one attached hydrogen (secondary N) is 2. The van der Waals surface area contributed by atoms with Crippen LogP contribution in [0.2, 0.25) is 5.02 Å². The lowest BCUT2D eigenvalue weighted by Crippen LogP contribution is -2.19. The van der Waals surface area contributed by atoms with Crippen LogP contribution in [0.1, 0.15) is 19.4 Å². The van der Waals surface area contributed by atoms with Crippen molar-refractivity contribution < 1.29 is 9.59 Å². The molecule has 3 heterocycles. The van der Waals surface area contributed by atoms with E-state index in [-0.39, 0.29) is 17.7 Å². The summed E-state index contributed by atoms with van der Waals surface area (Å²) < 4.78 is 1.88. The number of pyridine rings is 1. The molecule has 2 aromatic heterocycles. The molecular formula is C21H18ClN5O2S. The third kappa shape index (κ3) is 4.39. The lowest BCUT2D eigenvalue weighted by Gasteiger charge is -2.09. The van der Waals surface area contributed by atoms with Gasteiger partial charge in [0.05, 0.1) is 15.6 Å². The largest absolute Gasteiger partial charge is 0.326 e. The van der Waals surface area contributed by atoms with Gasteiger partial charge in [-0.1, -0.05) is 25.4 Å². The summed E-state index contributed by atoms with van der Waals surface area (Å²) in [4.78, 5) is 33.5. The van der Waals surface area contributed by atoms with Crippen LogP contribution in [0.25, 0.3) is 11.7 Å². The van der Waals surface area contributed by atoms with Gasteiger partial charge in [-0.15, -0.1) is 0 Å². The molecule has 1 aliphatic heterocycles. The van der Waals surface area contributed by atoms with E-state index in [4.69, 9.17) is 11.6 Å². The predicted octanol–water partition coefficient (Wildman–Crippen LogP) is 4.47. The second-order valence-corrected chi connectivity index (χ2v) is 8.38. The first-order valence-corrected chi connectivity index (χ1v) is 10.4. The maximum Gasteiger partial charge on any atom is 0.264 e. The van der Waals surface area contributed by atoms with E-state index in [1.54, 1.807) is 30.5 Å². The zero-order valence-electron chi connectivity index (χ0n) is 16.2. The number of carbonyl (C=O) groups excluding carboxylic acids is 2. The highest BCUT2D eigenvalue weighted by molar-refractivity contribution is 8.18. The summed E-state index contributed by atoms with van der Waals surface area (Å²) in [6.45, 7) is 3.63. The second kappa shape index (κ2) is 8.33. The zero-order chi connectivity index (χ0) is 21.3. The average Bonchev–Trinajstić information content (AvgIpc) is 3.30. The molecule has 0 unspecified atom stereocenters. The number of hydrogen-bond acceptors (Lipinski definition) is 5. The minimum atomic E-state index is -0.232. The summed E-state index contributed by atoms with van der Waals surface area (Å²) in [5.74, 6) is -0.473. The van der Waals surface area contributed by atoms with Gasteiger partial charge in [0, 0.05) is 30.2 Å². The van der Waals surface area contributed by atoms with E-state index in [9.17, 15) is 9.59 Å². The monoisotopic (exact) mass is 439 g/mol. The summed E-state index contributed by atoms with van der Waals surface area (Å²) >= 11 is 7.48. The Balaban J connectivity index is 1.56. The number of aromatic nitrogens is 2. The standard InChI is InChI=1S/C21H18ClN5O2S/c1-12(2)19(28)24-14-4-5-15(22)16(10-14)25-21-26-20(29)17(30-21)9-13-3-6-18-23-7-8-27(18)11-13/h3-12H,1-2H3,(H,24,28)(H,25,26,29)/b17-9-. The number of nitrogens with zero attached hydrogens (tertiary/aromatic N) is 3. The van der Waals surface area contributed by atoms with Gasteiger partial charge in [0.25, 0.3) is 5.91 Å². The Bertz CT molecular complexity index is 1220. The number of thioether (sulfide) groups is 1. The van der Waals surface area contributed by atoms with Crippen molar-refractivity contribution in [1.82, 2.24) is 14.7 Å². The number of amides is 2. The van der Waals surface area contributed by atoms with Crippen molar-refractivity contribution in [2.45, 2.75) is 13.8 Å². The molecule has 0 saturated carbocycles. The lowest BCUT2D eigenvalue weighted by atomic mass is 10.2. The van der Waals surface area contributed by atoms with Gasteiger partial charge in [-0.05, 0) is 53.7 Å². The van der Waals surface area contributed by atoms with Crippen molar-refractivity contribution in [2.75, 3.05) is 5.32 Å². The Labute approximate surface area is 182 Å². The van der Waals surface area contributed by atoms with Gasteiger partial charge in [0.15, 0.2) is 5.17 Å². The molecule has 152 valence electrons. The highest BCUT2D eigenvalue weighted by Crippen LogP contribution is 2.32. The molecule has 1 saturated heterocycles. The molecule has 0 atom stereocenters. The molecule has 1 aromatic carbocycles. The van der Waals surface area contributed by atoms with E-state index in [2.05, 4.69) is 20.6 Å². The third-order valence-electron chi connectivity index (χ3n) is 4.32. The predicted molar refractivity (Wildman–Crippen MR) is 121 cm³/mol. The molecule has 4 rings (SSSR count). The molecule has 1 fully saturated rings. The lowest BCUT2D eigenvalue weighted by molar-refractivity contribution is -0.119. The van der Waals surface area contributed by atoms with Gasteiger partial charge in [0.2, 0.25) is 5.91 Å². The van der Waals surface area contributed by atoms with Crippen LogP contribution in [-0.4, -0.2) is 26.4 Å². The van der Waals surface area contributed by atoms with Crippen molar-refractivity contribution in [3.63, 3.8) is 0 Å². The number of hydrogen-bond donors (Lipinski definition) is 2. The van der Waals surface area contributed by atoms with Crippen molar-refractivity contribution >= 4 is 63.4 Å². The van der Waals surface area contributed by atoms with Crippen molar-refractivity contribution in [3.05, 3.63) is 64.4 Å². The van der Waals surface area contributed by atoms with E-state index in [1.807, 2.05) is 42.8 Å². The van der Waals surface area contributed by atoms with Gasteiger partial charge in [0.1, 0.15) is 5.65 Å². The van der Waals surface area contributed by atoms with E-state index in [0.717, 1.165) is 11.2 Å². The summed E-state index contributed by atoms with van der Waals surface area (Å²) in [6.07, 6.45) is 7.26. The molecule has 0 bridgehead atoms. The maximum absolute atomic E-state index is 12.4. The van der Waals surface area contributed by atoms with Gasteiger partial charge in [-0.25, -0.2) is 9.98 Å². The number of benzene rings is 1. The molecule has 0 aliphatic carbocycles. The van der Waals surface area contributed by atoms with Crippen LogP contribution in [-0.2, 0) is 9.59 Å². The molecule has 2 amide bonds. The Morgan fingerprint density at radius 2 is 2.17 bits per heavy atom. The number of imidazole rings is 1. The molecule has 0 spiro atoms. The molecular weight excluding hydrogens is 422 g/mol. The number of halogens is 1. The summed E-state index contributed by atoms with van der Waals surface area (Å²) in [7, 11) is 0. The van der Waals surface area contributed by atoms with E-state index in [1.165, 1.54) is 11.8 Å². The fourth-order valence-electron chi connectivity index (χ4n) is 2.73. The molecule has 2 N–H and O–H groups in total. The number of carbonyl (C=O) groups is 2. The maximum atomic E-state index is 12.4. The van der Waals surface area contributed by atoms with Crippen LogP contribution in [0.3, 0.4) is 0 Å². The summed E-state index contributed by atoms with van der Waals surface area (Å²) in [6, 6.07) is 8.84. The normalized spacial score (nSPS) is 16.6. The van der Waals surface area contributed by atoms with Crippen LogP contribution in [0.5, 0.6) is 0 Å². The fraction of sp³-hybridized carbons (Fsp3) is 0.143. The zero-order valence-corrected chi connectivity index (χ0v) is 17.8. The number of rotatable bonds is 4. The Kier molecular flexibility index (Phi) is 5.61. The molecule has 1 aliphatic rings. The number of amidine groups is 1. The van der Waals surface area contributed by atoms with E-state index >= 15 is 0 Å². The van der Waals surface area contributed by atoms with Crippen molar-refractivity contribution in [1.29, 1.82) is 0 Å². The molecule has 0 radical (unpaired) electrons. The second-order valence-electron chi connectivity index (χ2n) is 6.95. The Morgan fingerprint density at radius 1 is 1.33 bits per heavy atom. The number of anilines is 1. The van der Waals surface area contributed by atoms with Crippen LogP contribution in [0.4, 0.5) is 11.4 Å². The molecule has 30 heavy (non-hydrogen) atoms. The van der Waals surface area contributed by atoms with Crippen LogP contribution < -0.4 is 10.6 Å². The van der Waals surface area contributed by atoms with E-state index in [0.29, 0.717) is 26.5 Å². The molecule has 7 nitrogen and oxygen atoms in total. The quantitative estimate of drug-likeness (QED) is 0.587. The Morgan fingerprint density at radius 3 is 2.97 bits per heavy atom. The van der Waals surface area contributed by atoms with Gasteiger partial charge >= 0.3 is 0 Å². The fourth-order valence-corrected chi connectivity index (χ4v) is 3.72. The average molecular weight is 440 g/mol. The Hall–Kier alpha value is -3.10. The van der Waals surface area contributed by atoms with Crippen LogP contribution in [0.15, 0.2) is 58.8 Å². The molecule has 3 aromatic rings. The molecule has 9 heteroatoms. The topological polar surface area (TPSA) is 87.9 Å². The first-order valence-electron chi connectivity index (χ1n) is 9.22. The van der Waals surface area contributed by atoms with Crippen molar-refractivity contribution in [2.24, 2.45) is 10.9 Å². The highest BCUT2D eigenvalue weighted by atomic mass is 35.5. The van der Waals surface area contributed by atoms with Gasteiger partial charge < -0.3 is 15.0 Å². The first kappa shape index (κ1) is 20.2. The number of aliphatic imine (C=N–C) groups is 1.